The molecule has 0 fully saturated rings. The number of nitrogens with one attached hydrogen (secondary N) is 4. The molecule has 0 aliphatic rings. The third kappa shape index (κ3) is 6.79. The molecule has 5 unspecified atom stereocenters. The molecule has 10 nitrogen and oxygen atoms in total. The minimum absolute atomic E-state index is 0.248. The van der Waals surface area contributed by atoms with Gasteiger partial charge in [0.05, 0.1) is 6.04 Å². The van der Waals surface area contributed by atoms with Crippen molar-refractivity contribution in [3.05, 3.63) is 36.0 Å². The van der Waals surface area contributed by atoms with E-state index in [0.717, 1.165) is 16.5 Å². The topological polar surface area (TPSA) is 166 Å². The predicted molar refractivity (Wildman–Crippen MR) is 124 cm³/mol. The monoisotopic (exact) mass is 459 g/mol. The molecule has 2 rings (SSSR count). The van der Waals surface area contributed by atoms with Crippen LogP contribution in [0.4, 0.5) is 0 Å². The number of nitrogens with two attached hydrogens (primary N) is 1. The minimum atomic E-state index is -1.18. The highest BCUT2D eigenvalue weighted by Gasteiger charge is 2.30. The Bertz CT molecular complexity index is 1000. The highest BCUT2D eigenvalue weighted by molar-refractivity contribution is 5.94. The summed E-state index contributed by atoms with van der Waals surface area (Å²) in [7, 11) is 0. The maximum Gasteiger partial charge on any atom is 0.325 e. The quantitative estimate of drug-likeness (QED) is 0.289. The van der Waals surface area contributed by atoms with E-state index in [4.69, 9.17) is 10.8 Å². The summed E-state index contributed by atoms with van der Waals surface area (Å²) >= 11 is 0. The number of fused-ring (bicyclic) bond motifs is 1. The number of carboxylic acids is 1. The van der Waals surface area contributed by atoms with Gasteiger partial charge in [-0.1, -0.05) is 38.5 Å². The first kappa shape index (κ1) is 25.9. The molecule has 1 heterocycles. The van der Waals surface area contributed by atoms with Crippen LogP contribution in [0.5, 0.6) is 0 Å². The molecule has 0 bridgehead atoms. The Morgan fingerprint density at radius 2 is 1.61 bits per heavy atom. The lowest BCUT2D eigenvalue weighted by Gasteiger charge is -2.26. The van der Waals surface area contributed by atoms with E-state index in [2.05, 4.69) is 20.9 Å². The van der Waals surface area contributed by atoms with Crippen molar-refractivity contribution in [2.45, 2.75) is 64.7 Å². The van der Waals surface area contributed by atoms with Gasteiger partial charge in [-0.15, -0.1) is 0 Å². The zero-order valence-corrected chi connectivity index (χ0v) is 19.3. The number of H-pyrrole nitrogens is 1. The Kier molecular flexibility index (Phi) is 8.98. The van der Waals surface area contributed by atoms with Crippen molar-refractivity contribution < 1.29 is 24.3 Å². The second-order valence-electron chi connectivity index (χ2n) is 8.34. The molecular weight excluding hydrogens is 426 g/mol. The molecule has 33 heavy (non-hydrogen) atoms. The highest BCUT2D eigenvalue weighted by atomic mass is 16.4. The van der Waals surface area contributed by atoms with Crippen molar-refractivity contribution in [2.24, 2.45) is 11.7 Å². The molecule has 1 aromatic carbocycles. The van der Waals surface area contributed by atoms with E-state index in [1.807, 2.05) is 31.2 Å². The molecule has 0 spiro atoms. The number of hydrogen-bond acceptors (Lipinski definition) is 5. The van der Waals surface area contributed by atoms with Crippen LogP contribution < -0.4 is 21.7 Å². The van der Waals surface area contributed by atoms with Gasteiger partial charge < -0.3 is 31.8 Å². The van der Waals surface area contributed by atoms with Gasteiger partial charge in [0.2, 0.25) is 17.7 Å². The van der Waals surface area contributed by atoms with Crippen LogP contribution >= 0.6 is 0 Å². The SMILES string of the molecule is CCC(C)C(NC(=O)C(C)NC(=O)C(N)Cc1c[nH]c2ccccc12)C(=O)NC(C)C(=O)O. The van der Waals surface area contributed by atoms with E-state index in [0.29, 0.717) is 6.42 Å². The summed E-state index contributed by atoms with van der Waals surface area (Å²) in [5.74, 6) is -3.08. The Morgan fingerprint density at radius 1 is 0.970 bits per heavy atom. The van der Waals surface area contributed by atoms with Crippen LogP contribution in [-0.4, -0.2) is 57.9 Å². The van der Waals surface area contributed by atoms with Crippen molar-refractivity contribution in [2.75, 3.05) is 0 Å². The molecule has 2 aromatic rings. The smallest absolute Gasteiger partial charge is 0.325 e. The van der Waals surface area contributed by atoms with Gasteiger partial charge in [-0.2, -0.15) is 0 Å². The van der Waals surface area contributed by atoms with E-state index in [1.165, 1.54) is 13.8 Å². The summed E-state index contributed by atoms with van der Waals surface area (Å²) in [5.41, 5.74) is 7.91. The zero-order valence-electron chi connectivity index (χ0n) is 19.3. The van der Waals surface area contributed by atoms with Crippen LogP contribution in [0.25, 0.3) is 10.9 Å². The Morgan fingerprint density at radius 3 is 2.24 bits per heavy atom. The van der Waals surface area contributed by atoms with Gasteiger partial charge in [-0.3, -0.25) is 19.2 Å². The average Bonchev–Trinajstić information content (AvgIpc) is 3.19. The fourth-order valence-electron chi connectivity index (χ4n) is 3.36. The summed E-state index contributed by atoms with van der Waals surface area (Å²) in [6.07, 6.45) is 2.67. The molecular formula is C23H33N5O5. The molecule has 3 amide bonds. The molecule has 0 saturated carbocycles. The molecule has 0 aliphatic carbocycles. The van der Waals surface area contributed by atoms with E-state index in [1.54, 1.807) is 13.1 Å². The number of benzene rings is 1. The highest BCUT2D eigenvalue weighted by Crippen LogP contribution is 2.18. The first-order valence-electron chi connectivity index (χ1n) is 11.0. The summed E-state index contributed by atoms with van der Waals surface area (Å²) in [6.45, 7) is 6.47. The number of aromatic nitrogens is 1. The van der Waals surface area contributed by atoms with Gasteiger partial charge in [-0.05, 0) is 37.8 Å². The molecule has 1 aromatic heterocycles. The lowest BCUT2D eigenvalue weighted by atomic mass is 9.97. The maximum absolute atomic E-state index is 12.7. The lowest BCUT2D eigenvalue weighted by molar-refractivity contribution is -0.142. The van der Waals surface area contributed by atoms with Crippen molar-refractivity contribution in [1.82, 2.24) is 20.9 Å². The van der Waals surface area contributed by atoms with Crippen LogP contribution in [0, 0.1) is 5.92 Å². The summed E-state index contributed by atoms with van der Waals surface area (Å²) in [6, 6.07) is 3.82. The first-order valence-corrected chi connectivity index (χ1v) is 11.0. The standard InChI is InChI=1S/C23H33N5O5/c1-5-12(2)19(22(31)27-14(4)23(32)33)28-20(29)13(3)26-21(30)17(24)10-15-11-25-18-9-7-6-8-16(15)18/h6-9,11-14,17,19,25H,5,10,24H2,1-4H3,(H,26,30)(H,27,31)(H,28,29)(H,32,33). The molecule has 10 heteroatoms. The number of carbonyl (C=O) groups is 4. The van der Waals surface area contributed by atoms with Crippen LogP contribution in [0.3, 0.4) is 0 Å². The van der Waals surface area contributed by atoms with Gasteiger partial charge in [0.15, 0.2) is 0 Å². The maximum atomic E-state index is 12.7. The fourth-order valence-corrected chi connectivity index (χ4v) is 3.36. The average molecular weight is 460 g/mol. The van der Waals surface area contributed by atoms with E-state index >= 15 is 0 Å². The van der Waals surface area contributed by atoms with Gasteiger partial charge in [0, 0.05) is 17.1 Å². The van der Waals surface area contributed by atoms with Gasteiger partial charge in [-0.25, -0.2) is 0 Å². The number of aromatic amines is 1. The van der Waals surface area contributed by atoms with Gasteiger partial charge in [0.25, 0.3) is 0 Å². The molecule has 0 saturated heterocycles. The van der Waals surface area contributed by atoms with Crippen LogP contribution in [-0.2, 0) is 25.6 Å². The van der Waals surface area contributed by atoms with Crippen molar-refractivity contribution in [3.8, 4) is 0 Å². The number of amides is 3. The number of para-hydroxylation sites is 1. The summed E-state index contributed by atoms with van der Waals surface area (Å²) in [4.78, 5) is 52.0. The van der Waals surface area contributed by atoms with Gasteiger partial charge in [0.1, 0.15) is 18.1 Å². The number of carbonyl (C=O) groups excluding carboxylic acids is 3. The van der Waals surface area contributed by atoms with Crippen LogP contribution in [0.15, 0.2) is 30.5 Å². The summed E-state index contributed by atoms with van der Waals surface area (Å²) < 4.78 is 0. The first-order chi connectivity index (χ1) is 15.5. The van der Waals surface area contributed by atoms with Crippen molar-refractivity contribution in [3.63, 3.8) is 0 Å². The van der Waals surface area contributed by atoms with Gasteiger partial charge >= 0.3 is 5.97 Å². The fraction of sp³-hybridized carbons (Fsp3) is 0.478. The molecule has 0 radical (unpaired) electrons. The van der Waals surface area contributed by atoms with E-state index in [9.17, 15) is 19.2 Å². The molecule has 0 aliphatic heterocycles. The number of hydrogen-bond donors (Lipinski definition) is 6. The number of aliphatic carboxylic acids is 1. The molecule has 180 valence electrons. The Balaban J connectivity index is 1.98. The normalized spacial score (nSPS) is 15.7. The molecule has 7 N–H and O–H groups in total. The second-order valence-corrected chi connectivity index (χ2v) is 8.34. The minimum Gasteiger partial charge on any atom is -0.480 e. The van der Waals surface area contributed by atoms with Crippen LogP contribution in [0.2, 0.25) is 0 Å². The Labute approximate surface area is 192 Å². The number of rotatable bonds is 11. The molecule has 5 atom stereocenters. The third-order valence-electron chi connectivity index (χ3n) is 5.73. The third-order valence-corrected chi connectivity index (χ3v) is 5.73. The number of carboxylic acid groups (broad SMARTS) is 1. The predicted octanol–water partition coefficient (Wildman–Crippen LogP) is 0.663. The second kappa shape index (κ2) is 11.5. The largest absolute Gasteiger partial charge is 0.480 e. The zero-order chi connectivity index (χ0) is 24.7. The Hall–Kier alpha value is -3.40. The van der Waals surface area contributed by atoms with E-state index in [-0.39, 0.29) is 12.3 Å². The van der Waals surface area contributed by atoms with Crippen molar-refractivity contribution >= 4 is 34.6 Å². The van der Waals surface area contributed by atoms with Crippen molar-refractivity contribution in [1.29, 1.82) is 0 Å². The van der Waals surface area contributed by atoms with Crippen LogP contribution in [0.1, 0.15) is 39.7 Å². The summed E-state index contributed by atoms with van der Waals surface area (Å²) in [5, 5.41) is 17.6. The lowest BCUT2D eigenvalue weighted by Crippen LogP contribution is -2.57. The van der Waals surface area contributed by atoms with E-state index < -0.39 is 47.9 Å².